The molecule has 0 aliphatic carbocycles. The Labute approximate surface area is 202 Å². The molecule has 11 nitrogen and oxygen atoms in total. The molecule has 30 heavy (non-hydrogen) atoms. The van der Waals surface area contributed by atoms with Crippen molar-refractivity contribution in [3.8, 4) is 0 Å². The van der Waals surface area contributed by atoms with E-state index in [4.69, 9.17) is 10.5 Å². The van der Waals surface area contributed by atoms with Crippen molar-refractivity contribution in [2.45, 2.75) is 29.8 Å². The molecule has 1 aromatic heterocycles. The second-order valence-corrected chi connectivity index (χ2v) is 9.30. The van der Waals surface area contributed by atoms with Crippen molar-refractivity contribution in [2.24, 2.45) is 11.7 Å². The molecular formula is C16H18N5NaO6S2. The standard InChI is InChI=1S/C16H17N5O6S2.Na.H/c1-6-18-19-16(29-6)28-5-9(22)20-3-7-2-8(4-27-15(17)26)11(14(24)25)21-10(7)12(20)13(21)23;;/h7,10,12H,2-5H2,1H3,(H2,17,26)(H,24,25);;/q;+1;-1/t7-,10-,12+;;/m1../s1. The summed E-state index contributed by atoms with van der Waals surface area (Å²) in [6.45, 7) is 1.86. The average Bonchev–Trinajstić information content (AvgIpc) is 3.24. The molecule has 4 heterocycles. The smallest absolute Gasteiger partial charge is 1.00 e. The first-order valence-corrected chi connectivity index (χ1v) is 10.5. The number of thioether (sulfide) groups is 1. The molecule has 2 fully saturated rings. The van der Waals surface area contributed by atoms with Gasteiger partial charge in [-0.2, -0.15) is 0 Å². The zero-order valence-corrected chi connectivity index (χ0v) is 19.9. The normalized spacial score (nSPS) is 24.2. The summed E-state index contributed by atoms with van der Waals surface area (Å²) in [5.74, 6) is -1.91. The number of primary amides is 1. The summed E-state index contributed by atoms with van der Waals surface area (Å²) in [6, 6.07) is -1.03. The van der Waals surface area contributed by atoms with E-state index >= 15 is 0 Å². The molecule has 156 valence electrons. The van der Waals surface area contributed by atoms with Gasteiger partial charge in [0.1, 0.15) is 23.4 Å². The van der Waals surface area contributed by atoms with Gasteiger partial charge in [-0.25, -0.2) is 9.59 Å². The number of amides is 3. The van der Waals surface area contributed by atoms with Crippen LogP contribution in [0.15, 0.2) is 15.6 Å². The fraction of sp³-hybridized carbons (Fsp3) is 0.500. The zero-order valence-electron chi connectivity index (χ0n) is 17.2. The molecule has 0 unspecified atom stereocenters. The number of hydrogen-bond donors (Lipinski definition) is 2. The summed E-state index contributed by atoms with van der Waals surface area (Å²) in [5, 5.41) is 18.2. The predicted molar refractivity (Wildman–Crippen MR) is 101 cm³/mol. The third kappa shape index (κ3) is 3.96. The number of aryl methyl sites for hydroxylation is 1. The minimum absolute atomic E-state index is 0. The third-order valence-electron chi connectivity index (χ3n) is 5.18. The summed E-state index contributed by atoms with van der Waals surface area (Å²) in [6.07, 6.45) is -0.712. The van der Waals surface area contributed by atoms with Gasteiger partial charge >= 0.3 is 41.6 Å². The van der Waals surface area contributed by atoms with Crippen LogP contribution in [0.5, 0.6) is 0 Å². The zero-order chi connectivity index (χ0) is 20.9. The molecule has 3 aliphatic rings. The van der Waals surface area contributed by atoms with Crippen LogP contribution in [-0.4, -0.2) is 80.0 Å². The van der Waals surface area contributed by atoms with E-state index in [0.29, 0.717) is 22.9 Å². The van der Waals surface area contributed by atoms with Gasteiger partial charge in [-0.05, 0) is 18.9 Å². The molecule has 0 bridgehead atoms. The van der Waals surface area contributed by atoms with Crippen molar-refractivity contribution in [1.29, 1.82) is 0 Å². The number of β-lactam (4-membered cyclic amide) rings is 1. The van der Waals surface area contributed by atoms with Crippen LogP contribution in [-0.2, 0) is 19.1 Å². The van der Waals surface area contributed by atoms with Gasteiger partial charge in [-0.15, -0.1) is 10.2 Å². The van der Waals surface area contributed by atoms with Gasteiger partial charge in [-0.3, -0.25) is 14.5 Å². The van der Waals surface area contributed by atoms with Crippen LogP contribution in [0, 0.1) is 12.8 Å². The van der Waals surface area contributed by atoms with Crippen molar-refractivity contribution in [3.05, 3.63) is 16.3 Å². The Morgan fingerprint density at radius 2 is 2.13 bits per heavy atom. The number of likely N-dealkylation sites (tertiary alicyclic amines) is 1. The second-order valence-electron chi connectivity index (χ2n) is 6.89. The molecule has 3 amide bonds. The number of carbonyl (C=O) groups is 4. The first-order valence-electron chi connectivity index (χ1n) is 8.71. The predicted octanol–water partition coefficient (Wildman–Crippen LogP) is -3.07. The maximum Gasteiger partial charge on any atom is 1.00 e. The van der Waals surface area contributed by atoms with Crippen molar-refractivity contribution in [2.75, 3.05) is 18.9 Å². The third-order valence-corrected chi connectivity index (χ3v) is 7.14. The number of aliphatic carboxylic acids is 1. The molecule has 3 aliphatic heterocycles. The van der Waals surface area contributed by atoms with Crippen LogP contribution >= 0.6 is 23.1 Å². The first kappa shape index (κ1) is 23.0. The summed E-state index contributed by atoms with van der Waals surface area (Å²) >= 11 is 2.65. The Hall–Kier alpha value is -1.67. The van der Waals surface area contributed by atoms with Crippen LogP contribution in [0.3, 0.4) is 0 Å². The van der Waals surface area contributed by atoms with E-state index in [1.165, 1.54) is 32.9 Å². The van der Waals surface area contributed by atoms with Gasteiger partial charge < -0.3 is 21.9 Å². The quantitative estimate of drug-likeness (QED) is 0.254. The number of nitrogens with two attached hydrogens (primary N) is 1. The fourth-order valence-corrected chi connectivity index (χ4v) is 5.82. The van der Waals surface area contributed by atoms with E-state index in [-0.39, 0.29) is 66.9 Å². The van der Waals surface area contributed by atoms with Crippen LogP contribution in [0.4, 0.5) is 4.79 Å². The average molecular weight is 463 g/mol. The Kier molecular flexibility index (Phi) is 6.77. The molecule has 0 spiro atoms. The van der Waals surface area contributed by atoms with Crippen molar-refractivity contribution >= 4 is 47.0 Å². The molecule has 1 aromatic rings. The van der Waals surface area contributed by atoms with Crippen LogP contribution in [0.25, 0.3) is 0 Å². The number of aromatic nitrogens is 2. The number of nitrogens with zero attached hydrogens (tertiary/aromatic N) is 4. The van der Waals surface area contributed by atoms with Crippen molar-refractivity contribution in [3.63, 3.8) is 0 Å². The molecule has 14 heteroatoms. The molecular weight excluding hydrogens is 445 g/mol. The Balaban J connectivity index is 0.00000171. The SMILES string of the molecule is Cc1nnc(SCC(=O)N2C[C@H]3CC(COC(N)=O)=C(C(=O)O)N4C(=O)[C@@H]2[C@@H]34)s1.[H-].[Na+]. The van der Waals surface area contributed by atoms with Crippen molar-refractivity contribution < 1.29 is 60.0 Å². The summed E-state index contributed by atoms with van der Waals surface area (Å²) < 4.78 is 5.43. The maximum absolute atomic E-state index is 12.7. The molecule has 4 rings (SSSR count). The molecule has 2 saturated heterocycles. The monoisotopic (exact) mass is 463 g/mol. The minimum atomic E-state index is -1.27. The van der Waals surface area contributed by atoms with Crippen LogP contribution in [0.2, 0.25) is 0 Å². The molecule has 3 N–H and O–H groups in total. The van der Waals surface area contributed by atoms with Gasteiger partial charge in [0, 0.05) is 12.5 Å². The van der Waals surface area contributed by atoms with E-state index in [9.17, 15) is 24.3 Å². The maximum atomic E-state index is 12.7. The number of ether oxygens (including phenoxy) is 1. The number of carbonyl (C=O) groups excluding carboxylic acids is 3. The number of rotatable bonds is 6. The van der Waals surface area contributed by atoms with E-state index in [1.54, 1.807) is 0 Å². The molecule has 0 saturated carbocycles. The Morgan fingerprint density at radius 3 is 2.73 bits per heavy atom. The van der Waals surface area contributed by atoms with Gasteiger partial charge in [0.15, 0.2) is 4.34 Å². The van der Waals surface area contributed by atoms with E-state index in [2.05, 4.69) is 10.2 Å². The summed E-state index contributed by atoms with van der Waals surface area (Å²) in [7, 11) is 0. The fourth-order valence-electron chi connectivity index (χ4n) is 4.12. The van der Waals surface area contributed by atoms with Gasteiger partial charge in [0.2, 0.25) is 5.91 Å². The number of carboxylic acids is 1. The summed E-state index contributed by atoms with van der Waals surface area (Å²) in [5.41, 5.74) is 5.12. The van der Waals surface area contributed by atoms with E-state index in [1.807, 2.05) is 6.92 Å². The van der Waals surface area contributed by atoms with Crippen LogP contribution < -0.4 is 35.3 Å². The number of hydrogen-bond acceptors (Lipinski definition) is 9. The minimum Gasteiger partial charge on any atom is -1.00 e. The summed E-state index contributed by atoms with van der Waals surface area (Å²) in [4.78, 5) is 50.8. The van der Waals surface area contributed by atoms with Gasteiger partial charge in [0.25, 0.3) is 5.91 Å². The van der Waals surface area contributed by atoms with E-state index < -0.39 is 24.0 Å². The van der Waals surface area contributed by atoms with Gasteiger partial charge in [-0.1, -0.05) is 23.1 Å². The largest absolute Gasteiger partial charge is 1.00 e. The Morgan fingerprint density at radius 1 is 1.40 bits per heavy atom. The van der Waals surface area contributed by atoms with Gasteiger partial charge in [0.05, 0.1) is 11.8 Å². The molecule has 3 atom stereocenters. The second kappa shape index (κ2) is 8.83. The Bertz CT molecular complexity index is 959. The van der Waals surface area contributed by atoms with E-state index in [0.717, 1.165) is 5.01 Å². The number of carboxylic acid groups (broad SMARTS) is 1. The first-order chi connectivity index (χ1) is 13.8. The molecule has 0 radical (unpaired) electrons. The molecule has 0 aromatic carbocycles. The van der Waals surface area contributed by atoms with Crippen molar-refractivity contribution in [1.82, 2.24) is 20.0 Å². The topological polar surface area (TPSA) is 156 Å². The van der Waals surface area contributed by atoms with Crippen LogP contribution in [0.1, 0.15) is 12.9 Å².